The van der Waals surface area contributed by atoms with Gasteiger partial charge in [-0.3, -0.25) is 9.59 Å². The molecule has 0 aliphatic carbocycles. The van der Waals surface area contributed by atoms with Crippen molar-refractivity contribution in [3.63, 3.8) is 0 Å². The maximum absolute atomic E-state index is 12.4. The van der Waals surface area contributed by atoms with Crippen molar-refractivity contribution in [3.8, 4) is 0 Å². The maximum atomic E-state index is 12.4. The van der Waals surface area contributed by atoms with Crippen molar-refractivity contribution < 1.29 is 9.59 Å². The van der Waals surface area contributed by atoms with Gasteiger partial charge < -0.3 is 10.3 Å². The number of nitrogens with zero attached hydrogens (tertiary/aromatic N) is 1. The van der Waals surface area contributed by atoms with Gasteiger partial charge in [-0.05, 0) is 25.1 Å². The van der Waals surface area contributed by atoms with Gasteiger partial charge in [0, 0.05) is 22.8 Å². The number of aromatic nitrogens is 2. The third-order valence-electron chi connectivity index (χ3n) is 3.23. The lowest BCUT2D eigenvalue weighted by atomic mass is 10.1. The van der Waals surface area contributed by atoms with E-state index >= 15 is 0 Å². The van der Waals surface area contributed by atoms with E-state index in [0.29, 0.717) is 17.1 Å². The smallest absolute Gasteiger partial charge is 0.298 e. The van der Waals surface area contributed by atoms with Crippen molar-refractivity contribution in [2.45, 2.75) is 6.92 Å². The number of aromatic amines is 1. The topological polar surface area (TPSA) is 74.8 Å². The number of hydrogen-bond acceptors (Lipinski definition) is 3. The van der Waals surface area contributed by atoms with Crippen LogP contribution in [0.25, 0.3) is 10.9 Å². The van der Waals surface area contributed by atoms with Crippen LogP contribution < -0.4 is 5.32 Å². The van der Waals surface area contributed by atoms with Gasteiger partial charge in [-0.25, -0.2) is 4.98 Å². The van der Waals surface area contributed by atoms with E-state index in [-0.39, 0.29) is 0 Å². The molecule has 0 radical (unpaired) electrons. The number of anilines is 1. The number of H-pyrrole nitrogens is 1. The number of amides is 1. The Balaban J connectivity index is 1.93. The Bertz CT molecular complexity index is 822. The van der Waals surface area contributed by atoms with E-state index < -0.39 is 11.7 Å². The highest BCUT2D eigenvalue weighted by Crippen LogP contribution is 2.22. The van der Waals surface area contributed by atoms with Gasteiger partial charge in [0.2, 0.25) is 0 Å². The molecule has 0 aliphatic heterocycles. The highest BCUT2D eigenvalue weighted by molar-refractivity contribution is 6.48. The summed E-state index contributed by atoms with van der Waals surface area (Å²) in [6.45, 7) is 1.78. The second kappa shape index (κ2) is 5.20. The fourth-order valence-corrected chi connectivity index (χ4v) is 2.29. The Labute approximate surface area is 121 Å². The third kappa shape index (κ3) is 2.41. The van der Waals surface area contributed by atoms with Crippen molar-refractivity contribution in [1.29, 1.82) is 0 Å². The van der Waals surface area contributed by atoms with Crippen molar-refractivity contribution in [2.75, 3.05) is 5.32 Å². The number of para-hydroxylation sites is 1. The first-order chi connectivity index (χ1) is 10.2. The molecule has 5 heteroatoms. The number of aryl methyl sites for hydroxylation is 1. The zero-order chi connectivity index (χ0) is 14.8. The van der Waals surface area contributed by atoms with E-state index in [4.69, 9.17) is 0 Å². The largest absolute Gasteiger partial charge is 0.358 e. The first kappa shape index (κ1) is 13.1. The molecule has 0 spiro atoms. The molecule has 3 aromatic rings. The molecule has 104 valence electrons. The van der Waals surface area contributed by atoms with Gasteiger partial charge in [0.05, 0.1) is 5.56 Å². The molecule has 1 aromatic carbocycles. The molecular weight excluding hydrogens is 266 g/mol. The van der Waals surface area contributed by atoms with Crippen LogP contribution in [0.15, 0.2) is 48.7 Å². The van der Waals surface area contributed by atoms with Crippen LogP contribution in [0, 0.1) is 6.92 Å². The fourth-order valence-electron chi connectivity index (χ4n) is 2.29. The van der Waals surface area contributed by atoms with Crippen LogP contribution in [0.3, 0.4) is 0 Å². The van der Waals surface area contributed by atoms with Crippen LogP contribution in [0.1, 0.15) is 16.1 Å². The Kier molecular flexibility index (Phi) is 3.23. The zero-order valence-electron chi connectivity index (χ0n) is 11.4. The zero-order valence-corrected chi connectivity index (χ0v) is 11.4. The van der Waals surface area contributed by atoms with E-state index in [2.05, 4.69) is 15.3 Å². The number of fused-ring (bicyclic) bond motifs is 1. The minimum absolute atomic E-state index is 0.355. The van der Waals surface area contributed by atoms with Crippen molar-refractivity contribution in [1.82, 2.24) is 9.97 Å². The maximum Gasteiger partial charge on any atom is 0.298 e. The van der Waals surface area contributed by atoms with Crippen LogP contribution in [-0.2, 0) is 4.79 Å². The molecule has 0 saturated carbocycles. The molecule has 21 heavy (non-hydrogen) atoms. The number of carbonyl (C=O) groups excluding carboxylic acids is 2. The molecule has 0 aliphatic rings. The summed E-state index contributed by atoms with van der Waals surface area (Å²) >= 11 is 0. The molecule has 5 nitrogen and oxygen atoms in total. The lowest BCUT2D eigenvalue weighted by molar-refractivity contribution is -0.112. The van der Waals surface area contributed by atoms with E-state index in [1.54, 1.807) is 31.3 Å². The van der Waals surface area contributed by atoms with Gasteiger partial charge >= 0.3 is 0 Å². The van der Waals surface area contributed by atoms with Crippen LogP contribution in [-0.4, -0.2) is 21.7 Å². The summed E-state index contributed by atoms with van der Waals surface area (Å²) in [4.78, 5) is 31.6. The predicted octanol–water partition coefficient (Wildman–Crippen LogP) is 2.69. The summed E-state index contributed by atoms with van der Waals surface area (Å²) in [5, 5.41) is 3.25. The van der Waals surface area contributed by atoms with E-state index in [1.165, 1.54) is 0 Å². The molecule has 0 unspecified atom stereocenters. The average Bonchev–Trinajstić information content (AvgIpc) is 2.83. The summed E-state index contributed by atoms with van der Waals surface area (Å²) in [5.74, 6) is -0.912. The molecule has 2 aromatic heterocycles. The summed E-state index contributed by atoms with van der Waals surface area (Å²) in [7, 11) is 0. The van der Waals surface area contributed by atoms with Gasteiger partial charge in [-0.1, -0.05) is 24.3 Å². The van der Waals surface area contributed by atoms with Gasteiger partial charge in [0.25, 0.3) is 11.7 Å². The van der Waals surface area contributed by atoms with Gasteiger partial charge in [-0.15, -0.1) is 0 Å². The first-order valence-corrected chi connectivity index (χ1v) is 6.51. The number of rotatable bonds is 3. The quantitative estimate of drug-likeness (QED) is 0.571. The highest BCUT2D eigenvalue weighted by Gasteiger charge is 2.22. The van der Waals surface area contributed by atoms with E-state index in [1.807, 2.05) is 24.3 Å². The lowest BCUT2D eigenvalue weighted by Gasteiger charge is -2.03. The minimum atomic E-state index is -0.693. The van der Waals surface area contributed by atoms with Gasteiger partial charge in [0.15, 0.2) is 0 Å². The van der Waals surface area contributed by atoms with Gasteiger partial charge in [0.1, 0.15) is 5.82 Å². The molecule has 0 atom stereocenters. The number of Topliss-reactive ketones (excluding diaryl/α,β-unsaturated/α-hetero) is 1. The van der Waals surface area contributed by atoms with Crippen LogP contribution in [0.4, 0.5) is 5.82 Å². The van der Waals surface area contributed by atoms with Crippen molar-refractivity contribution in [2.24, 2.45) is 0 Å². The monoisotopic (exact) mass is 279 g/mol. The number of nitrogens with one attached hydrogen (secondary N) is 2. The fraction of sp³-hybridized carbons (Fsp3) is 0.0625. The van der Waals surface area contributed by atoms with E-state index in [0.717, 1.165) is 10.9 Å². The number of hydrogen-bond donors (Lipinski definition) is 2. The molecule has 0 saturated heterocycles. The van der Waals surface area contributed by atoms with E-state index in [9.17, 15) is 9.59 Å². The number of carbonyl (C=O) groups is 2. The Morgan fingerprint density at radius 1 is 1.10 bits per heavy atom. The first-order valence-electron chi connectivity index (χ1n) is 6.51. The SMILES string of the molecule is Cc1[nH]c2ccccc2c1C(=O)C(=O)Nc1ccccn1. The number of benzene rings is 1. The predicted molar refractivity (Wildman–Crippen MR) is 80.2 cm³/mol. The van der Waals surface area contributed by atoms with Crippen LogP contribution >= 0.6 is 0 Å². The van der Waals surface area contributed by atoms with Crippen molar-refractivity contribution >= 4 is 28.4 Å². The molecule has 1 amide bonds. The summed E-state index contributed by atoms with van der Waals surface area (Å²) in [5.41, 5.74) is 1.92. The Morgan fingerprint density at radius 3 is 2.62 bits per heavy atom. The summed E-state index contributed by atoms with van der Waals surface area (Å²) < 4.78 is 0. The normalized spacial score (nSPS) is 10.5. The molecule has 0 fully saturated rings. The second-order valence-corrected chi connectivity index (χ2v) is 4.67. The summed E-state index contributed by atoms with van der Waals surface area (Å²) in [6.07, 6.45) is 1.55. The van der Waals surface area contributed by atoms with Gasteiger partial charge in [-0.2, -0.15) is 0 Å². The van der Waals surface area contributed by atoms with Crippen LogP contribution in [0.2, 0.25) is 0 Å². The molecular formula is C16H13N3O2. The van der Waals surface area contributed by atoms with Crippen LogP contribution in [0.5, 0.6) is 0 Å². The number of pyridine rings is 1. The van der Waals surface area contributed by atoms with Crippen molar-refractivity contribution in [3.05, 3.63) is 59.9 Å². The lowest BCUT2D eigenvalue weighted by Crippen LogP contribution is -2.23. The minimum Gasteiger partial charge on any atom is -0.358 e. The standard InChI is InChI=1S/C16H13N3O2/c1-10-14(11-6-2-3-7-12(11)18-10)15(20)16(21)19-13-8-4-5-9-17-13/h2-9,18H,1H3,(H,17,19,21). The Hall–Kier alpha value is -2.95. The molecule has 3 rings (SSSR count). The number of ketones is 1. The molecule has 2 heterocycles. The third-order valence-corrected chi connectivity index (χ3v) is 3.23. The average molecular weight is 279 g/mol. The summed E-state index contributed by atoms with van der Waals surface area (Å²) in [6, 6.07) is 12.5. The Morgan fingerprint density at radius 2 is 1.86 bits per heavy atom. The molecule has 2 N–H and O–H groups in total. The second-order valence-electron chi connectivity index (χ2n) is 4.67. The molecule has 0 bridgehead atoms. The highest BCUT2D eigenvalue weighted by atomic mass is 16.2.